The maximum Gasteiger partial charge on any atom is 0.422 e. The molecule has 0 atom stereocenters. The van der Waals surface area contributed by atoms with Crippen LogP contribution in [0.25, 0.3) is 11.1 Å². The van der Waals surface area contributed by atoms with Crippen molar-refractivity contribution in [3.05, 3.63) is 54.1 Å². The van der Waals surface area contributed by atoms with Crippen molar-refractivity contribution in [2.75, 3.05) is 6.61 Å². The third-order valence-electron chi connectivity index (χ3n) is 2.76. The molecule has 20 heavy (non-hydrogen) atoms. The monoisotopic (exact) mass is 281 g/mol. The van der Waals surface area contributed by atoms with Crippen LogP contribution in [-0.4, -0.2) is 12.8 Å². The highest BCUT2D eigenvalue weighted by Gasteiger charge is 2.28. The Balaban J connectivity index is 2.16. The van der Waals surface area contributed by atoms with E-state index in [0.29, 0.717) is 6.54 Å². The van der Waals surface area contributed by atoms with Crippen molar-refractivity contribution < 1.29 is 17.9 Å². The van der Waals surface area contributed by atoms with E-state index in [9.17, 15) is 13.2 Å². The Kier molecular flexibility index (Phi) is 4.29. The molecule has 0 amide bonds. The Morgan fingerprint density at radius 1 is 0.950 bits per heavy atom. The molecule has 2 N–H and O–H groups in total. The molecule has 2 nitrogen and oxygen atoms in total. The van der Waals surface area contributed by atoms with Gasteiger partial charge in [0.15, 0.2) is 6.61 Å². The second kappa shape index (κ2) is 5.96. The van der Waals surface area contributed by atoms with Crippen LogP contribution in [0.15, 0.2) is 48.5 Å². The lowest BCUT2D eigenvalue weighted by atomic mass is 10.0. The normalized spacial score (nSPS) is 11.4. The molecule has 0 saturated heterocycles. The molecule has 0 aliphatic heterocycles. The largest absolute Gasteiger partial charge is 0.484 e. The van der Waals surface area contributed by atoms with Crippen molar-refractivity contribution in [2.24, 2.45) is 5.73 Å². The van der Waals surface area contributed by atoms with Crippen molar-refractivity contribution in [2.45, 2.75) is 12.7 Å². The van der Waals surface area contributed by atoms with Gasteiger partial charge in [-0.25, -0.2) is 0 Å². The van der Waals surface area contributed by atoms with Crippen LogP contribution in [0.2, 0.25) is 0 Å². The lowest BCUT2D eigenvalue weighted by Gasteiger charge is -2.10. The average Bonchev–Trinajstić information content (AvgIpc) is 2.45. The van der Waals surface area contributed by atoms with Crippen LogP contribution in [0.5, 0.6) is 5.75 Å². The minimum Gasteiger partial charge on any atom is -0.484 e. The fourth-order valence-corrected chi connectivity index (χ4v) is 1.76. The number of rotatable bonds is 4. The molecule has 0 aliphatic rings. The third-order valence-corrected chi connectivity index (χ3v) is 2.76. The van der Waals surface area contributed by atoms with E-state index in [1.165, 1.54) is 6.07 Å². The van der Waals surface area contributed by atoms with Gasteiger partial charge in [0.25, 0.3) is 0 Å². The zero-order valence-electron chi connectivity index (χ0n) is 10.7. The van der Waals surface area contributed by atoms with E-state index in [1.54, 1.807) is 12.1 Å². The lowest BCUT2D eigenvalue weighted by Crippen LogP contribution is -2.19. The standard InChI is InChI=1S/C15H14F3NO/c16-15(17,18)10-20-14-3-1-2-13(8-14)12-6-4-11(9-19)5-7-12/h1-8H,9-10,19H2. The van der Waals surface area contributed by atoms with Crippen LogP contribution < -0.4 is 10.5 Å². The summed E-state index contributed by atoms with van der Waals surface area (Å²) in [4.78, 5) is 0. The molecule has 2 aromatic rings. The van der Waals surface area contributed by atoms with Crippen LogP contribution in [0.4, 0.5) is 13.2 Å². The minimum absolute atomic E-state index is 0.197. The number of hydrogen-bond donors (Lipinski definition) is 1. The van der Waals surface area contributed by atoms with Gasteiger partial charge in [-0.2, -0.15) is 13.2 Å². The van der Waals surface area contributed by atoms with E-state index in [2.05, 4.69) is 0 Å². The summed E-state index contributed by atoms with van der Waals surface area (Å²) < 4.78 is 41.1. The first-order chi connectivity index (χ1) is 9.48. The molecule has 0 unspecified atom stereocenters. The fraction of sp³-hybridized carbons (Fsp3) is 0.200. The number of alkyl halides is 3. The summed E-state index contributed by atoms with van der Waals surface area (Å²) in [5, 5.41) is 0. The molecule has 2 rings (SSSR count). The molecule has 0 radical (unpaired) electrons. The predicted molar refractivity (Wildman–Crippen MR) is 71.3 cm³/mol. The maximum absolute atomic E-state index is 12.1. The minimum atomic E-state index is -4.33. The lowest BCUT2D eigenvalue weighted by molar-refractivity contribution is -0.153. The topological polar surface area (TPSA) is 35.2 Å². The van der Waals surface area contributed by atoms with Gasteiger partial charge in [-0.05, 0) is 28.8 Å². The highest BCUT2D eigenvalue weighted by Crippen LogP contribution is 2.25. The van der Waals surface area contributed by atoms with Gasteiger partial charge in [0.1, 0.15) is 5.75 Å². The Hall–Kier alpha value is -2.01. The molecule has 106 valence electrons. The first kappa shape index (κ1) is 14.4. The quantitative estimate of drug-likeness (QED) is 0.926. The Morgan fingerprint density at radius 2 is 1.65 bits per heavy atom. The van der Waals surface area contributed by atoms with E-state index < -0.39 is 12.8 Å². The molecule has 0 aromatic heterocycles. The average molecular weight is 281 g/mol. The van der Waals surface area contributed by atoms with Crippen molar-refractivity contribution in [3.8, 4) is 16.9 Å². The van der Waals surface area contributed by atoms with Crippen LogP contribution in [0.3, 0.4) is 0 Å². The van der Waals surface area contributed by atoms with E-state index in [1.807, 2.05) is 30.3 Å². The molecule has 0 fully saturated rings. The predicted octanol–water partition coefficient (Wildman–Crippen LogP) is 3.75. The van der Waals surface area contributed by atoms with Gasteiger partial charge < -0.3 is 10.5 Å². The summed E-state index contributed by atoms with van der Waals surface area (Å²) in [6.45, 7) is -0.836. The van der Waals surface area contributed by atoms with E-state index >= 15 is 0 Å². The molecule has 0 saturated carbocycles. The molecular formula is C15H14F3NO. The first-order valence-corrected chi connectivity index (χ1v) is 6.07. The van der Waals surface area contributed by atoms with Gasteiger partial charge in [-0.15, -0.1) is 0 Å². The van der Waals surface area contributed by atoms with Crippen LogP contribution in [-0.2, 0) is 6.54 Å². The van der Waals surface area contributed by atoms with Gasteiger partial charge in [0.2, 0.25) is 0 Å². The molecule has 0 spiro atoms. The van der Waals surface area contributed by atoms with E-state index in [4.69, 9.17) is 10.5 Å². The van der Waals surface area contributed by atoms with Crippen molar-refractivity contribution >= 4 is 0 Å². The Morgan fingerprint density at radius 3 is 2.25 bits per heavy atom. The smallest absolute Gasteiger partial charge is 0.422 e. The zero-order valence-corrected chi connectivity index (χ0v) is 10.7. The first-order valence-electron chi connectivity index (χ1n) is 6.07. The number of benzene rings is 2. The summed E-state index contributed by atoms with van der Waals surface area (Å²) in [6, 6.07) is 14.1. The number of hydrogen-bond acceptors (Lipinski definition) is 2. The highest BCUT2D eigenvalue weighted by molar-refractivity contribution is 5.65. The molecule has 2 aromatic carbocycles. The van der Waals surface area contributed by atoms with Crippen molar-refractivity contribution in [1.82, 2.24) is 0 Å². The third kappa shape index (κ3) is 3.99. The fourth-order valence-electron chi connectivity index (χ4n) is 1.76. The Bertz CT molecular complexity index is 564. The van der Waals surface area contributed by atoms with Gasteiger partial charge in [-0.1, -0.05) is 36.4 Å². The van der Waals surface area contributed by atoms with Crippen molar-refractivity contribution in [1.29, 1.82) is 0 Å². The second-order valence-corrected chi connectivity index (χ2v) is 4.33. The van der Waals surface area contributed by atoms with Gasteiger partial charge in [-0.3, -0.25) is 0 Å². The van der Waals surface area contributed by atoms with Gasteiger partial charge in [0, 0.05) is 6.54 Å². The number of nitrogens with two attached hydrogens (primary N) is 1. The van der Waals surface area contributed by atoms with E-state index in [-0.39, 0.29) is 5.75 Å². The van der Waals surface area contributed by atoms with Crippen LogP contribution >= 0.6 is 0 Å². The summed E-state index contributed by atoms with van der Waals surface area (Å²) in [5.41, 5.74) is 8.22. The number of halogens is 3. The van der Waals surface area contributed by atoms with Gasteiger partial charge in [0.05, 0.1) is 0 Å². The summed E-state index contributed by atoms with van der Waals surface area (Å²) in [7, 11) is 0. The van der Waals surface area contributed by atoms with Crippen LogP contribution in [0.1, 0.15) is 5.56 Å². The van der Waals surface area contributed by atoms with E-state index in [0.717, 1.165) is 16.7 Å². The van der Waals surface area contributed by atoms with Crippen molar-refractivity contribution in [3.63, 3.8) is 0 Å². The highest BCUT2D eigenvalue weighted by atomic mass is 19.4. The maximum atomic E-state index is 12.1. The van der Waals surface area contributed by atoms with Crippen LogP contribution in [0, 0.1) is 0 Å². The molecule has 5 heteroatoms. The summed E-state index contributed by atoms with van der Waals surface area (Å²) in [5.74, 6) is 0.197. The SMILES string of the molecule is NCc1ccc(-c2cccc(OCC(F)(F)F)c2)cc1. The Labute approximate surface area is 115 Å². The molecule has 0 bridgehead atoms. The molecule has 0 heterocycles. The molecule has 0 aliphatic carbocycles. The number of ether oxygens (including phenoxy) is 1. The second-order valence-electron chi connectivity index (χ2n) is 4.33. The zero-order chi connectivity index (χ0) is 14.6. The summed E-state index contributed by atoms with van der Waals surface area (Å²) in [6.07, 6.45) is -4.33. The molecular weight excluding hydrogens is 267 g/mol. The summed E-state index contributed by atoms with van der Waals surface area (Å²) >= 11 is 0. The van der Waals surface area contributed by atoms with Gasteiger partial charge >= 0.3 is 6.18 Å².